The van der Waals surface area contributed by atoms with E-state index in [9.17, 15) is 9.50 Å². The molecule has 0 saturated heterocycles. The number of aryl methyl sites for hydroxylation is 1. The fourth-order valence-electron chi connectivity index (χ4n) is 1.86. The molecule has 1 N–H and O–H groups in total. The predicted octanol–water partition coefficient (Wildman–Crippen LogP) is 3.17. The fourth-order valence-corrected chi connectivity index (χ4v) is 1.86. The quantitative estimate of drug-likeness (QED) is 0.827. The largest absolute Gasteiger partial charge is 0.494 e. The lowest BCUT2D eigenvalue weighted by Gasteiger charge is -2.13. The molecule has 1 atom stereocenters. The van der Waals surface area contributed by atoms with Crippen molar-refractivity contribution in [1.82, 2.24) is 0 Å². The monoisotopic (exact) mass is 240 g/mol. The zero-order valence-corrected chi connectivity index (χ0v) is 10.7. The summed E-state index contributed by atoms with van der Waals surface area (Å²) in [4.78, 5) is 0. The summed E-state index contributed by atoms with van der Waals surface area (Å²) in [6.07, 6.45) is 1.84. The summed E-state index contributed by atoms with van der Waals surface area (Å²) < 4.78 is 18.3. The van der Waals surface area contributed by atoms with E-state index >= 15 is 0 Å². The molecule has 0 heterocycles. The maximum Gasteiger partial charge on any atom is 0.165 e. The highest BCUT2D eigenvalue weighted by molar-refractivity contribution is 5.29. The van der Waals surface area contributed by atoms with Gasteiger partial charge in [-0.1, -0.05) is 19.9 Å². The Morgan fingerprint density at radius 1 is 1.35 bits per heavy atom. The van der Waals surface area contributed by atoms with E-state index in [1.807, 2.05) is 6.07 Å². The van der Waals surface area contributed by atoms with E-state index in [0.29, 0.717) is 18.8 Å². The Hall–Kier alpha value is -1.09. The Morgan fingerprint density at radius 3 is 2.59 bits per heavy atom. The summed E-state index contributed by atoms with van der Waals surface area (Å²) >= 11 is 0. The zero-order valence-electron chi connectivity index (χ0n) is 10.7. The molecule has 0 aliphatic heterocycles. The van der Waals surface area contributed by atoms with Crippen LogP contribution in [0.2, 0.25) is 0 Å². The number of methoxy groups -OCH3 is 1. The topological polar surface area (TPSA) is 29.5 Å². The van der Waals surface area contributed by atoms with Gasteiger partial charge in [0, 0.05) is 0 Å². The number of aliphatic hydroxyl groups is 1. The molecule has 96 valence electrons. The first kappa shape index (κ1) is 14.0. The molecule has 1 unspecified atom stereocenters. The summed E-state index contributed by atoms with van der Waals surface area (Å²) in [6, 6.07) is 4.93. The molecule has 3 heteroatoms. The van der Waals surface area contributed by atoms with E-state index in [-0.39, 0.29) is 17.7 Å². The molecule has 0 fully saturated rings. The SMILES string of the molecule is COc1ccc(CCC(O)CC(C)C)cc1F. The van der Waals surface area contributed by atoms with E-state index in [1.165, 1.54) is 13.2 Å². The minimum Gasteiger partial charge on any atom is -0.494 e. The Kier molecular flexibility index (Phi) is 5.42. The van der Waals surface area contributed by atoms with Gasteiger partial charge in [-0.2, -0.15) is 0 Å². The van der Waals surface area contributed by atoms with Crippen LogP contribution in [0, 0.1) is 11.7 Å². The lowest BCUT2D eigenvalue weighted by atomic mass is 10.00. The van der Waals surface area contributed by atoms with Gasteiger partial charge in [0.25, 0.3) is 0 Å². The van der Waals surface area contributed by atoms with Crippen molar-refractivity contribution in [3.05, 3.63) is 29.6 Å². The summed E-state index contributed by atoms with van der Waals surface area (Å²) in [5, 5.41) is 9.73. The van der Waals surface area contributed by atoms with Crippen LogP contribution in [0.3, 0.4) is 0 Å². The Labute approximate surface area is 102 Å². The van der Waals surface area contributed by atoms with Gasteiger partial charge in [-0.05, 0) is 42.9 Å². The van der Waals surface area contributed by atoms with Crippen molar-refractivity contribution in [1.29, 1.82) is 0 Å². The third-order valence-electron chi connectivity index (χ3n) is 2.73. The molecule has 0 spiro atoms. The number of rotatable bonds is 6. The molecule has 0 saturated carbocycles. The molecule has 1 aromatic carbocycles. The molecule has 0 aliphatic carbocycles. The second-order valence-electron chi connectivity index (χ2n) is 4.79. The molecular formula is C14H21FO2. The average molecular weight is 240 g/mol. The highest BCUT2D eigenvalue weighted by atomic mass is 19.1. The first-order valence-corrected chi connectivity index (χ1v) is 6.03. The Morgan fingerprint density at radius 2 is 2.06 bits per heavy atom. The van der Waals surface area contributed by atoms with E-state index in [4.69, 9.17) is 4.74 Å². The molecule has 0 bridgehead atoms. The summed E-state index contributed by atoms with van der Waals surface area (Å²) in [5.74, 6) is 0.400. The molecule has 0 amide bonds. The van der Waals surface area contributed by atoms with Gasteiger partial charge in [0.15, 0.2) is 11.6 Å². The molecule has 0 radical (unpaired) electrons. The highest BCUT2D eigenvalue weighted by Crippen LogP contribution is 2.19. The van der Waals surface area contributed by atoms with Crippen molar-refractivity contribution < 1.29 is 14.2 Å². The first-order valence-electron chi connectivity index (χ1n) is 6.03. The van der Waals surface area contributed by atoms with Gasteiger partial charge >= 0.3 is 0 Å². The fraction of sp³-hybridized carbons (Fsp3) is 0.571. The normalized spacial score (nSPS) is 12.8. The van der Waals surface area contributed by atoms with Crippen LogP contribution in [0.1, 0.15) is 32.3 Å². The third kappa shape index (κ3) is 4.73. The molecule has 1 aromatic rings. The first-order chi connectivity index (χ1) is 8.02. The summed E-state index contributed by atoms with van der Waals surface area (Å²) in [5.41, 5.74) is 0.895. The van der Waals surface area contributed by atoms with Crippen LogP contribution in [-0.4, -0.2) is 18.3 Å². The summed E-state index contributed by atoms with van der Waals surface area (Å²) in [6.45, 7) is 4.16. The number of ether oxygens (including phenoxy) is 1. The standard InChI is InChI=1S/C14H21FO2/c1-10(2)8-12(16)6-4-11-5-7-14(17-3)13(15)9-11/h5,7,9-10,12,16H,4,6,8H2,1-3H3. The maximum atomic E-state index is 13.4. The lowest BCUT2D eigenvalue weighted by molar-refractivity contribution is 0.139. The lowest BCUT2D eigenvalue weighted by Crippen LogP contribution is -2.11. The van der Waals surface area contributed by atoms with Gasteiger partial charge in [-0.25, -0.2) is 4.39 Å². The average Bonchev–Trinajstić information content (AvgIpc) is 2.25. The van der Waals surface area contributed by atoms with Crippen LogP contribution in [0.5, 0.6) is 5.75 Å². The van der Waals surface area contributed by atoms with E-state index in [2.05, 4.69) is 13.8 Å². The Balaban J connectivity index is 2.49. The highest BCUT2D eigenvalue weighted by Gasteiger charge is 2.08. The van der Waals surface area contributed by atoms with Crippen LogP contribution < -0.4 is 4.74 Å². The van der Waals surface area contributed by atoms with Crippen molar-refractivity contribution in [2.75, 3.05) is 7.11 Å². The smallest absolute Gasteiger partial charge is 0.165 e. The van der Waals surface area contributed by atoms with E-state index in [1.54, 1.807) is 6.07 Å². The van der Waals surface area contributed by atoms with Crippen molar-refractivity contribution in [3.8, 4) is 5.75 Å². The molecule has 0 aliphatic rings. The van der Waals surface area contributed by atoms with Crippen LogP contribution in [0.25, 0.3) is 0 Å². The van der Waals surface area contributed by atoms with Crippen LogP contribution in [0.4, 0.5) is 4.39 Å². The zero-order chi connectivity index (χ0) is 12.8. The number of hydrogen-bond donors (Lipinski definition) is 1. The molecule has 1 rings (SSSR count). The maximum absolute atomic E-state index is 13.4. The van der Waals surface area contributed by atoms with Crippen molar-refractivity contribution >= 4 is 0 Å². The van der Waals surface area contributed by atoms with Gasteiger partial charge < -0.3 is 9.84 Å². The molecule has 17 heavy (non-hydrogen) atoms. The second kappa shape index (κ2) is 6.60. The molecular weight excluding hydrogens is 219 g/mol. The van der Waals surface area contributed by atoms with Crippen molar-refractivity contribution in [3.63, 3.8) is 0 Å². The minimum atomic E-state index is -0.344. The second-order valence-corrected chi connectivity index (χ2v) is 4.79. The van der Waals surface area contributed by atoms with Gasteiger partial charge in [-0.15, -0.1) is 0 Å². The van der Waals surface area contributed by atoms with E-state index < -0.39 is 0 Å². The Bertz CT molecular complexity index is 350. The van der Waals surface area contributed by atoms with Crippen LogP contribution in [0.15, 0.2) is 18.2 Å². The molecule has 0 aromatic heterocycles. The third-order valence-corrected chi connectivity index (χ3v) is 2.73. The number of benzene rings is 1. The molecule has 2 nitrogen and oxygen atoms in total. The number of hydrogen-bond acceptors (Lipinski definition) is 2. The van der Waals surface area contributed by atoms with E-state index in [0.717, 1.165) is 12.0 Å². The minimum absolute atomic E-state index is 0.261. The van der Waals surface area contributed by atoms with Crippen molar-refractivity contribution in [2.24, 2.45) is 5.92 Å². The van der Waals surface area contributed by atoms with Gasteiger partial charge in [-0.3, -0.25) is 0 Å². The number of halogens is 1. The van der Waals surface area contributed by atoms with Crippen molar-refractivity contribution in [2.45, 2.75) is 39.2 Å². The van der Waals surface area contributed by atoms with Crippen LogP contribution in [-0.2, 0) is 6.42 Å². The number of aliphatic hydroxyl groups excluding tert-OH is 1. The predicted molar refractivity (Wildman–Crippen MR) is 66.7 cm³/mol. The van der Waals surface area contributed by atoms with Gasteiger partial charge in [0.2, 0.25) is 0 Å². The van der Waals surface area contributed by atoms with Crippen LogP contribution >= 0.6 is 0 Å². The van der Waals surface area contributed by atoms with Gasteiger partial charge in [0.05, 0.1) is 13.2 Å². The summed E-state index contributed by atoms with van der Waals surface area (Å²) in [7, 11) is 1.45. The van der Waals surface area contributed by atoms with Gasteiger partial charge in [0.1, 0.15) is 0 Å².